The van der Waals surface area contributed by atoms with Crippen molar-refractivity contribution < 1.29 is 9.21 Å². The molecule has 156 valence electrons. The van der Waals surface area contributed by atoms with Gasteiger partial charge in [-0.2, -0.15) is 0 Å². The number of fused-ring (bicyclic) bond motifs is 1. The highest BCUT2D eigenvalue weighted by Gasteiger charge is 2.36. The van der Waals surface area contributed by atoms with Gasteiger partial charge in [0.15, 0.2) is 0 Å². The number of aromatic nitrogens is 2. The second kappa shape index (κ2) is 7.41. The van der Waals surface area contributed by atoms with Gasteiger partial charge in [0, 0.05) is 48.9 Å². The third kappa shape index (κ3) is 3.54. The molecule has 4 aromatic rings. The van der Waals surface area contributed by atoms with E-state index in [9.17, 15) is 4.79 Å². The summed E-state index contributed by atoms with van der Waals surface area (Å²) in [6, 6.07) is 16.9. The van der Waals surface area contributed by atoms with Gasteiger partial charge in [0.2, 0.25) is 5.91 Å². The molecule has 5 heteroatoms. The van der Waals surface area contributed by atoms with Gasteiger partial charge in [-0.1, -0.05) is 30.3 Å². The maximum absolute atomic E-state index is 12.4. The lowest BCUT2D eigenvalue weighted by Crippen LogP contribution is -2.30. The van der Waals surface area contributed by atoms with Crippen LogP contribution in [-0.2, 0) is 11.3 Å². The highest BCUT2D eigenvalue weighted by atomic mass is 16.3. The van der Waals surface area contributed by atoms with Crippen molar-refractivity contribution in [2.24, 2.45) is 11.8 Å². The minimum absolute atomic E-state index is 0.315. The zero-order valence-corrected chi connectivity index (χ0v) is 17.4. The van der Waals surface area contributed by atoms with Crippen LogP contribution in [-0.4, -0.2) is 33.4 Å². The summed E-state index contributed by atoms with van der Waals surface area (Å²) in [5.74, 6) is 2.17. The molecule has 3 heterocycles. The largest absolute Gasteiger partial charge is 0.464 e. The molecule has 1 amide bonds. The molecule has 1 atom stereocenters. The topological polar surface area (TPSA) is 51.3 Å². The molecular weight excluding hydrogens is 386 g/mol. The zero-order valence-electron chi connectivity index (χ0n) is 17.4. The quantitative estimate of drug-likeness (QED) is 0.452. The molecule has 0 radical (unpaired) electrons. The number of furan rings is 1. The number of amides is 1. The SMILES string of the molecule is O=C(C1CC1)N1CC[C@@H](Cn2ccnc2-c2ccc(-c3ccc4occc4c3)cc2)C1. The first-order valence-electron chi connectivity index (χ1n) is 11.1. The lowest BCUT2D eigenvalue weighted by Gasteiger charge is -2.17. The fourth-order valence-corrected chi connectivity index (χ4v) is 4.72. The number of hydrogen-bond donors (Lipinski definition) is 0. The minimum atomic E-state index is 0.315. The highest BCUT2D eigenvalue weighted by Crippen LogP contribution is 2.33. The molecule has 1 saturated carbocycles. The van der Waals surface area contributed by atoms with Gasteiger partial charge in [-0.05, 0) is 54.5 Å². The predicted molar refractivity (Wildman–Crippen MR) is 120 cm³/mol. The van der Waals surface area contributed by atoms with Crippen molar-refractivity contribution in [3.63, 3.8) is 0 Å². The number of carbonyl (C=O) groups is 1. The van der Waals surface area contributed by atoms with Crippen LogP contribution in [0.3, 0.4) is 0 Å². The predicted octanol–water partition coefficient (Wildman–Crippen LogP) is 5.22. The van der Waals surface area contributed by atoms with Crippen LogP contribution in [0, 0.1) is 11.8 Å². The fourth-order valence-electron chi connectivity index (χ4n) is 4.72. The van der Waals surface area contributed by atoms with Crippen molar-refractivity contribution in [1.82, 2.24) is 14.5 Å². The standard InChI is InChI=1S/C26H25N3O2/c30-26(21-5-6-21)29-12-9-18(17-29)16-28-13-11-27-25(28)20-3-1-19(2-4-20)22-7-8-24-23(15-22)10-14-31-24/h1-4,7-8,10-11,13-15,18,21H,5-6,9,12,16-17H2/t18-/m0/s1. The Morgan fingerprint density at radius 2 is 1.81 bits per heavy atom. The van der Waals surface area contributed by atoms with Gasteiger partial charge < -0.3 is 13.9 Å². The van der Waals surface area contributed by atoms with Crippen LogP contribution in [0.2, 0.25) is 0 Å². The Hall–Kier alpha value is -3.34. The van der Waals surface area contributed by atoms with Crippen molar-refractivity contribution in [3.05, 3.63) is 67.2 Å². The van der Waals surface area contributed by atoms with E-state index in [4.69, 9.17) is 4.42 Å². The van der Waals surface area contributed by atoms with Crippen molar-refractivity contribution in [2.75, 3.05) is 13.1 Å². The van der Waals surface area contributed by atoms with Gasteiger partial charge in [0.1, 0.15) is 11.4 Å². The lowest BCUT2D eigenvalue weighted by molar-refractivity contribution is -0.131. The van der Waals surface area contributed by atoms with Gasteiger partial charge in [0.05, 0.1) is 6.26 Å². The second-order valence-corrected chi connectivity index (χ2v) is 8.87. The summed E-state index contributed by atoms with van der Waals surface area (Å²) in [5, 5.41) is 1.11. The molecule has 2 aromatic heterocycles. The number of carbonyl (C=O) groups excluding carboxylic acids is 1. The summed E-state index contributed by atoms with van der Waals surface area (Å²) in [4.78, 5) is 19.1. The third-order valence-electron chi connectivity index (χ3n) is 6.62. The number of hydrogen-bond acceptors (Lipinski definition) is 3. The van der Waals surface area contributed by atoms with Crippen LogP contribution in [0.25, 0.3) is 33.5 Å². The van der Waals surface area contributed by atoms with E-state index < -0.39 is 0 Å². The Bertz CT molecular complexity index is 1230. The van der Waals surface area contributed by atoms with E-state index in [0.717, 1.165) is 61.3 Å². The van der Waals surface area contributed by atoms with E-state index in [0.29, 0.717) is 17.7 Å². The third-order valence-corrected chi connectivity index (χ3v) is 6.62. The first-order chi connectivity index (χ1) is 15.2. The van der Waals surface area contributed by atoms with Gasteiger partial charge in [0.25, 0.3) is 0 Å². The van der Waals surface area contributed by atoms with Crippen LogP contribution >= 0.6 is 0 Å². The second-order valence-electron chi connectivity index (χ2n) is 8.87. The monoisotopic (exact) mass is 411 g/mol. The van der Waals surface area contributed by atoms with E-state index in [-0.39, 0.29) is 0 Å². The molecule has 6 rings (SSSR count). The van der Waals surface area contributed by atoms with Crippen LogP contribution in [0.4, 0.5) is 0 Å². The number of benzene rings is 2. The molecule has 2 aromatic carbocycles. The average Bonchev–Trinajstić information content (AvgIpc) is 3.17. The molecule has 1 saturated heterocycles. The molecule has 2 fully saturated rings. The van der Waals surface area contributed by atoms with Gasteiger partial charge >= 0.3 is 0 Å². The number of nitrogens with zero attached hydrogens (tertiary/aromatic N) is 3. The van der Waals surface area contributed by atoms with E-state index in [1.807, 2.05) is 18.3 Å². The molecule has 2 aliphatic rings. The Labute approximate surface area is 181 Å². The molecule has 1 aliphatic heterocycles. The average molecular weight is 412 g/mol. The van der Waals surface area contributed by atoms with Crippen molar-refractivity contribution >= 4 is 16.9 Å². The van der Waals surface area contributed by atoms with E-state index in [1.165, 1.54) is 11.1 Å². The summed E-state index contributed by atoms with van der Waals surface area (Å²) < 4.78 is 7.68. The first kappa shape index (κ1) is 18.4. The van der Waals surface area contributed by atoms with Crippen LogP contribution in [0.15, 0.2) is 71.6 Å². The molecule has 0 bridgehead atoms. The molecule has 5 nitrogen and oxygen atoms in total. The summed E-state index contributed by atoms with van der Waals surface area (Å²) in [6.45, 7) is 2.69. The van der Waals surface area contributed by atoms with E-state index >= 15 is 0 Å². The molecule has 0 spiro atoms. The summed E-state index contributed by atoms with van der Waals surface area (Å²) in [5.41, 5.74) is 4.37. The van der Waals surface area contributed by atoms with E-state index in [2.05, 4.69) is 57.0 Å². The van der Waals surface area contributed by atoms with E-state index in [1.54, 1.807) is 6.26 Å². The molecule has 0 N–H and O–H groups in total. The minimum Gasteiger partial charge on any atom is -0.464 e. The van der Waals surface area contributed by atoms with Crippen molar-refractivity contribution in [2.45, 2.75) is 25.8 Å². The zero-order chi connectivity index (χ0) is 20.8. The van der Waals surface area contributed by atoms with Crippen molar-refractivity contribution in [3.8, 4) is 22.5 Å². The molecule has 0 unspecified atom stereocenters. The summed E-state index contributed by atoms with van der Waals surface area (Å²) in [6.07, 6.45) is 8.89. The molecular formula is C26H25N3O2. The Morgan fingerprint density at radius 3 is 2.65 bits per heavy atom. The summed E-state index contributed by atoms with van der Waals surface area (Å²) in [7, 11) is 0. The summed E-state index contributed by atoms with van der Waals surface area (Å²) >= 11 is 0. The highest BCUT2D eigenvalue weighted by molar-refractivity contribution is 5.84. The van der Waals surface area contributed by atoms with Crippen LogP contribution in [0.5, 0.6) is 0 Å². The van der Waals surface area contributed by atoms with Crippen LogP contribution in [0.1, 0.15) is 19.3 Å². The normalized spacial score (nSPS) is 18.7. The number of imidazole rings is 1. The Morgan fingerprint density at radius 1 is 1.00 bits per heavy atom. The van der Waals surface area contributed by atoms with Gasteiger partial charge in [-0.25, -0.2) is 4.98 Å². The van der Waals surface area contributed by atoms with Gasteiger partial charge in [-0.15, -0.1) is 0 Å². The first-order valence-corrected chi connectivity index (χ1v) is 11.1. The molecule has 1 aliphatic carbocycles. The maximum atomic E-state index is 12.4. The van der Waals surface area contributed by atoms with Crippen LogP contribution < -0.4 is 0 Å². The smallest absolute Gasteiger partial charge is 0.225 e. The lowest BCUT2D eigenvalue weighted by atomic mass is 10.0. The van der Waals surface area contributed by atoms with Gasteiger partial charge in [-0.3, -0.25) is 4.79 Å². The number of rotatable bonds is 5. The maximum Gasteiger partial charge on any atom is 0.225 e. The van der Waals surface area contributed by atoms with Crippen molar-refractivity contribution in [1.29, 1.82) is 0 Å². The number of likely N-dealkylation sites (tertiary alicyclic amines) is 1. The molecule has 31 heavy (non-hydrogen) atoms. The Balaban J connectivity index is 1.18. The fraction of sp³-hybridized carbons (Fsp3) is 0.308. The Kier molecular flexibility index (Phi) is 4.41.